The lowest BCUT2D eigenvalue weighted by Gasteiger charge is -2.32. The van der Waals surface area contributed by atoms with Gasteiger partial charge in [-0.2, -0.15) is 18.3 Å². The average Bonchev–Trinajstić information content (AvgIpc) is 3.31. The van der Waals surface area contributed by atoms with Gasteiger partial charge in [-0.05, 0) is 36.4 Å². The highest BCUT2D eigenvalue weighted by Gasteiger charge is 2.48. The molecule has 1 aromatic carbocycles. The fourth-order valence-electron chi connectivity index (χ4n) is 3.13. The van der Waals surface area contributed by atoms with Gasteiger partial charge in [-0.25, -0.2) is 4.68 Å². The number of halogens is 5. The summed E-state index contributed by atoms with van der Waals surface area (Å²) < 4.78 is 47.0. The molecule has 0 bridgehead atoms. The van der Waals surface area contributed by atoms with E-state index in [-0.39, 0.29) is 23.0 Å². The maximum Gasteiger partial charge on any atom is 0.410 e. The van der Waals surface area contributed by atoms with Gasteiger partial charge in [0, 0.05) is 17.1 Å². The van der Waals surface area contributed by atoms with Crippen LogP contribution < -0.4 is 10.6 Å². The molecule has 2 atom stereocenters. The average molecular weight is 445 g/mol. The number of benzene rings is 1. The van der Waals surface area contributed by atoms with Crippen LogP contribution in [-0.4, -0.2) is 21.9 Å². The molecule has 152 valence electrons. The predicted molar refractivity (Wildman–Crippen MR) is 101 cm³/mol. The van der Waals surface area contributed by atoms with Crippen LogP contribution >= 0.6 is 23.2 Å². The number of rotatable bonds is 3. The van der Waals surface area contributed by atoms with E-state index in [9.17, 15) is 18.0 Å². The third-order valence-corrected chi connectivity index (χ3v) is 5.11. The standard InChI is InChI=1S/C18H13Cl2F3N4O2/c19-9-3-5-10(6-4-9)24-17(28)15-14(20)16-25-11(12-2-1-7-29-12)8-13(18(21,22)23)27(16)26-15/h1-7,11,13,25H,8H2,(H,24,28)/t11-,13-/m0/s1. The molecule has 6 nitrogen and oxygen atoms in total. The van der Waals surface area contributed by atoms with Crippen molar-refractivity contribution >= 4 is 40.6 Å². The summed E-state index contributed by atoms with van der Waals surface area (Å²) in [5.74, 6) is -0.505. The molecule has 1 amide bonds. The number of amides is 1. The van der Waals surface area contributed by atoms with E-state index in [4.69, 9.17) is 27.6 Å². The monoisotopic (exact) mass is 444 g/mol. The first-order valence-corrected chi connectivity index (χ1v) is 9.21. The van der Waals surface area contributed by atoms with Gasteiger partial charge >= 0.3 is 6.18 Å². The molecule has 1 aliphatic rings. The molecule has 3 heterocycles. The van der Waals surface area contributed by atoms with Crippen molar-refractivity contribution in [3.05, 3.63) is 64.2 Å². The van der Waals surface area contributed by atoms with E-state index in [1.807, 2.05) is 0 Å². The molecule has 0 unspecified atom stereocenters. The van der Waals surface area contributed by atoms with Crippen LogP contribution in [0.5, 0.6) is 0 Å². The Labute approximate surface area is 172 Å². The van der Waals surface area contributed by atoms with E-state index in [0.717, 1.165) is 0 Å². The van der Waals surface area contributed by atoms with Crippen molar-refractivity contribution in [1.82, 2.24) is 9.78 Å². The number of hydrogen-bond donors (Lipinski definition) is 2. The topological polar surface area (TPSA) is 72.1 Å². The van der Waals surface area contributed by atoms with Crippen LogP contribution in [-0.2, 0) is 0 Å². The van der Waals surface area contributed by atoms with Crippen LogP contribution in [0.4, 0.5) is 24.7 Å². The quantitative estimate of drug-likeness (QED) is 0.543. The van der Waals surface area contributed by atoms with Gasteiger partial charge in [-0.15, -0.1) is 0 Å². The minimum atomic E-state index is -4.60. The van der Waals surface area contributed by atoms with Crippen LogP contribution in [0.3, 0.4) is 0 Å². The molecule has 11 heteroatoms. The van der Waals surface area contributed by atoms with E-state index in [1.54, 1.807) is 36.4 Å². The fraction of sp³-hybridized carbons (Fsp3) is 0.222. The highest BCUT2D eigenvalue weighted by Crippen LogP contribution is 2.46. The maximum atomic E-state index is 13.7. The summed E-state index contributed by atoms with van der Waals surface area (Å²) in [4.78, 5) is 12.6. The second-order valence-electron chi connectivity index (χ2n) is 6.42. The smallest absolute Gasteiger partial charge is 0.410 e. The van der Waals surface area contributed by atoms with Crippen LogP contribution in [0.2, 0.25) is 10.0 Å². The minimum Gasteiger partial charge on any atom is -0.467 e. The Bertz CT molecular complexity index is 1030. The summed E-state index contributed by atoms with van der Waals surface area (Å²) in [6.45, 7) is 0. The maximum absolute atomic E-state index is 13.7. The summed E-state index contributed by atoms with van der Waals surface area (Å²) in [5, 5.41) is 9.56. The molecule has 0 radical (unpaired) electrons. The number of anilines is 2. The number of carbonyl (C=O) groups is 1. The normalized spacial score (nSPS) is 18.8. The summed E-state index contributed by atoms with van der Waals surface area (Å²) in [5.41, 5.74) is 0.0775. The molecule has 2 aromatic heterocycles. The first-order valence-electron chi connectivity index (χ1n) is 8.45. The third-order valence-electron chi connectivity index (χ3n) is 4.50. The van der Waals surface area contributed by atoms with Crippen molar-refractivity contribution < 1.29 is 22.4 Å². The van der Waals surface area contributed by atoms with Gasteiger partial charge in [0.15, 0.2) is 11.7 Å². The van der Waals surface area contributed by atoms with Gasteiger partial charge in [0.1, 0.15) is 16.6 Å². The molecule has 29 heavy (non-hydrogen) atoms. The van der Waals surface area contributed by atoms with Gasteiger partial charge in [0.25, 0.3) is 5.91 Å². The first kappa shape index (κ1) is 19.7. The first-order chi connectivity index (χ1) is 13.7. The summed E-state index contributed by atoms with van der Waals surface area (Å²) >= 11 is 12.0. The Morgan fingerprint density at radius 3 is 2.59 bits per heavy atom. The number of aromatic nitrogens is 2. The molecule has 0 saturated carbocycles. The van der Waals surface area contributed by atoms with Crippen LogP contribution in [0.1, 0.15) is 34.8 Å². The molecular formula is C18H13Cl2F3N4O2. The van der Waals surface area contributed by atoms with Gasteiger partial charge in [-0.1, -0.05) is 23.2 Å². The Morgan fingerprint density at radius 2 is 1.97 bits per heavy atom. The molecule has 4 rings (SSSR count). The summed E-state index contributed by atoms with van der Waals surface area (Å²) in [7, 11) is 0. The van der Waals surface area contributed by atoms with E-state index < -0.39 is 24.2 Å². The van der Waals surface area contributed by atoms with Crippen LogP contribution in [0.25, 0.3) is 0 Å². The molecule has 3 aromatic rings. The second kappa shape index (κ2) is 7.31. The number of furan rings is 1. The lowest BCUT2D eigenvalue weighted by molar-refractivity contribution is -0.174. The minimum absolute atomic E-state index is 0.0945. The number of fused-ring (bicyclic) bond motifs is 1. The zero-order chi connectivity index (χ0) is 20.8. The van der Waals surface area contributed by atoms with E-state index >= 15 is 0 Å². The Kier molecular flexibility index (Phi) is 4.95. The predicted octanol–water partition coefficient (Wildman–Crippen LogP) is 5.70. The van der Waals surface area contributed by atoms with Crippen LogP contribution in [0, 0.1) is 0 Å². The molecule has 2 N–H and O–H groups in total. The third kappa shape index (κ3) is 3.79. The fourth-order valence-corrected chi connectivity index (χ4v) is 3.52. The molecule has 1 aliphatic heterocycles. The number of nitrogens with one attached hydrogen (secondary N) is 2. The van der Waals surface area contributed by atoms with Crippen molar-refractivity contribution in [2.75, 3.05) is 10.6 Å². The van der Waals surface area contributed by atoms with Crippen LogP contribution in [0.15, 0.2) is 47.1 Å². The summed E-state index contributed by atoms with van der Waals surface area (Å²) in [6, 6.07) is 6.63. The molecule has 0 fully saturated rings. The second-order valence-corrected chi connectivity index (χ2v) is 7.24. The van der Waals surface area contributed by atoms with Gasteiger partial charge in [0.05, 0.1) is 12.3 Å². The van der Waals surface area contributed by atoms with Gasteiger partial charge in [0.2, 0.25) is 0 Å². The number of nitrogens with zero attached hydrogens (tertiary/aromatic N) is 2. The lowest BCUT2D eigenvalue weighted by Crippen LogP contribution is -2.35. The Morgan fingerprint density at radius 1 is 1.24 bits per heavy atom. The lowest BCUT2D eigenvalue weighted by atomic mass is 10.0. The zero-order valence-corrected chi connectivity index (χ0v) is 16.0. The SMILES string of the molecule is O=C(Nc1ccc(Cl)cc1)c1nn2c(c1Cl)N[C@H](c1ccco1)C[C@H]2C(F)(F)F. The van der Waals surface area contributed by atoms with Crippen molar-refractivity contribution in [2.45, 2.75) is 24.7 Å². The Balaban J connectivity index is 1.69. The van der Waals surface area contributed by atoms with Crippen molar-refractivity contribution in [3.8, 4) is 0 Å². The van der Waals surface area contributed by atoms with E-state index in [2.05, 4.69) is 15.7 Å². The van der Waals surface area contributed by atoms with E-state index in [0.29, 0.717) is 21.2 Å². The van der Waals surface area contributed by atoms with Crippen molar-refractivity contribution in [3.63, 3.8) is 0 Å². The molecule has 0 saturated heterocycles. The number of hydrogen-bond acceptors (Lipinski definition) is 4. The number of alkyl halides is 3. The summed E-state index contributed by atoms with van der Waals surface area (Å²) in [6.07, 6.45) is -3.58. The largest absolute Gasteiger partial charge is 0.467 e. The van der Waals surface area contributed by atoms with Gasteiger partial charge in [-0.3, -0.25) is 4.79 Å². The highest BCUT2D eigenvalue weighted by atomic mass is 35.5. The number of carbonyl (C=O) groups excluding carboxylic acids is 1. The molecule has 0 aliphatic carbocycles. The Hall–Kier alpha value is -2.65. The van der Waals surface area contributed by atoms with Crippen molar-refractivity contribution in [2.24, 2.45) is 0 Å². The highest BCUT2D eigenvalue weighted by molar-refractivity contribution is 6.36. The zero-order valence-electron chi connectivity index (χ0n) is 14.5. The van der Waals surface area contributed by atoms with Gasteiger partial charge < -0.3 is 15.1 Å². The molecule has 0 spiro atoms. The van der Waals surface area contributed by atoms with Crippen molar-refractivity contribution in [1.29, 1.82) is 0 Å². The molecular weight excluding hydrogens is 432 g/mol. The van der Waals surface area contributed by atoms with E-state index in [1.165, 1.54) is 6.26 Å².